The maximum absolute atomic E-state index is 12.0. The van der Waals surface area contributed by atoms with E-state index in [1.807, 2.05) is 12.1 Å². The van der Waals surface area contributed by atoms with Gasteiger partial charge in [-0.05, 0) is 18.1 Å². The topological polar surface area (TPSA) is 81.4 Å². The fourth-order valence-electron chi connectivity index (χ4n) is 2.14. The Morgan fingerprint density at radius 2 is 2.20 bits per heavy atom. The minimum atomic E-state index is -0.761. The Hall–Kier alpha value is -1.59. The van der Waals surface area contributed by atoms with E-state index >= 15 is 0 Å². The Kier molecular flexibility index (Phi) is 4.98. The van der Waals surface area contributed by atoms with Crippen LogP contribution in [0.5, 0.6) is 0 Å². The van der Waals surface area contributed by atoms with Gasteiger partial charge in [0.2, 0.25) is 11.8 Å². The highest BCUT2D eigenvalue weighted by Crippen LogP contribution is 2.17. The first kappa shape index (κ1) is 14.8. The standard InChI is InChI=1S/C14H17ClN2O3/c15-11-4-2-1-3-9(11)7-12(13(16)18)17-14(19)10-5-6-20-8-10/h1-4,10,12H,5-8H2,(H2,16,18)(H,17,19)/t10-,12+/m1/s1. The van der Waals surface area contributed by atoms with Crippen LogP contribution in [0.2, 0.25) is 5.02 Å². The molecule has 1 aromatic rings. The Bertz CT molecular complexity index is 501. The van der Waals surface area contributed by atoms with Gasteiger partial charge in [0, 0.05) is 18.1 Å². The van der Waals surface area contributed by atoms with Crippen LogP contribution in [0.3, 0.4) is 0 Å². The SMILES string of the molecule is NC(=O)[C@H](Cc1ccccc1Cl)NC(=O)[C@@H]1CCOC1. The molecule has 0 spiro atoms. The minimum Gasteiger partial charge on any atom is -0.381 e. The lowest BCUT2D eigenvalue weighted by Gasteiger charge is -2.18. The van der Waals surface area contributed by atoms with Crippen molar-refractivity contribution in [3.63, 3.8) is 0 Å². The molecule has 2 rings (SSSR count). The Morgan fingerprint density at radius 3 is 2.80 bits per heavy atom. The van der Waals surface area contributed by atoms with E-state index in [1.54, 1.807) is 12.1 Å². The first-order valence-electron chi connectivity index (χ1n) is 6.48. The number of ether oxygens (including phenoxy) is 1. The number of carbonyl (C=O) groups is 2. The number of halogens is 1. The number of primary amides is 1. The van der Waals surface area contributed by atoms with Gasteiger partial charge in [0.05, 0.1) is 12.5 Å². The Labute approximate surface area is 122 Å². The third-order valence-corrected chi connectivity index (χ3v) is 3.71. The van der Waals surface area contributed by atoms with Gasteiger partial charge in [-0.25, -0.2) is 0 Å². The molecule has 0 aromatic heterocycles. The van der Waals surface area contributed by atoms with E-state index < -0.39 is 11.9 Å². The van der Waals surface area contributed by atoms with Gasteiger partial charge in [-0.3, -0.25) is 9.59 Å². The molecule has 0 aliphatic carbocycles. The van der Waals surface area contributed by atoms with Crippen LogP contribution in [0.15, 0.2) is 24.3 Å². The number of benzene rings is 1. The van der Waals surface area contributed by atoms with E-state index in [1.165, 1.54) is 0 Å². The van der Waals surface area contributed by atoms with E-state index in [0.717, 1.165) is 5.56 Å². The van der Waals surface area contributed by atoms with Crippen molar-refractivity contribution in [1.29, 1.82) is 0 Å². The molecule has 1 fully saturated rings. The summed E-state index contributed by atoms with van der Waals surface area (Å²) < 4.78 is 5.16. The fourth-order valence-corrected chi connectivity index (χ4v) is 2.35. The van der Waals surface area contributed by atoms with Crippen LogP contribution in [0.4, 0.5) is 0 Å². The number of nitrogens with two attached hydrogens (primary N) is 1. The van der Waals surface area contributed by atoms with Crippen molar-refractivity contribution in [2.75, 3.05) is 13.2 Å². The molecule has 1 saturated heterocycles. The largest absolute Gasteiger partial charge is 0.381 e. The maximum atomic E-state index is 12.0. The average molecular weight is 297 g/mol. The molecular weight excluding hydrogens is 280 g/mol. The number of hydrogen-bond donors (Lipinski definition) is 2. The second-order valence-corrected chi connectivity index (χ2v) is 5.23. The quantitative estimate of drug-likeness (QED) is 0.846. The highest BCUT2D eigenvalue weighted by molar-refractivity contribution is 6.31. The molecule has 2 amide bonds. The summed E-state index contributed by atoms with van der Waals surface area (Å²) in [5.41, 5.74) is 6.13. The zero-order chi connectivity index (χ0) is 14.5. The van der Waals surface area contributed by atoms with Gasteiger partial charge in [-0.2, -0.15) is 0 Å². The van der Waals surface area contributed by atoms with Gasteiger partial charge in [-0.15, -0.1) is 0 Å². The number of carbonyl (C=O) groups excluding carboxylic acids is 2. The molecule has 108 valence electrons. The maximum Gasteiger partial charge on any atom is 0.240 e. The van der Waals surface area contributed by atoms with E-state index in [9.17, 15) is 9.59 Å². The minimum absolute atomic E-state index is 0.196. The monoisotopic (exact) mass is 296 g/mol. The molecule has 5 nitrogen and oxygen atoms in total. The summed E-state index contributed by atoms with van der Waals surface area (Å²) in [6.07, 6.45) is 0.956. The fraction of sp³-hybridized carbons (Fsp3) is 0.429. The van der Waals surface area contributed by atoms with Crippen molar-refractivity contribution in [3.8, 4) is 0 Å². The lowest BCUT2D eigenvalue weighted by molar-refractivity contribution is -0.129. The average Bonchev–Trinajstić information content (AvgIpc) is 2.94. The zero-order valence-electron chi connectivity index (χ0n) is 11.0. The second-order valence-electron chi connectivity index (χ2n) is 4.82. The van der Waals surface area contributed by atoms with Crippen molar-refractivity contribution in [2.24, 2.45) is 11.7 Å². The molecule has 2 atom stereocenters. The van der Waals surface area contributed by atoms with Crippen LogP contribution in [-0.4, -0.2) is 31.1 Å². The summed E-state index contributed by atoms with van der Waals surface area (Å²) in [6.45, 7) is 0.966. The van der Waals surface area contributed by atoms with Gasteiger partial charge >= 0.3 is 0 Å². The van der Waals surface area contributed by atoms with Gasteiger partial charge in [0.1, 0.15) is 6.04 Å². The molecule has 6 heteroatoms. The molecule has 1 heterocycles. The smallest absolute Gasteiger partial charge is 0.240 e. The molecule has 0 bridgehead atoms. The molecule has 1 aromatic carbocycles. The number of nitrogens with one attached hydrogen (secondary N) is 1. The zero-order valence-corrected chi connectivity index (χ0v) is 11.7. The summed E-state index contributed by atoms with van der Waals surface area (Å²) in [5, 5.41) is 3.23. The van der Waals surface area contributed by atoms with E-state index in [0.29, 0.717) is 24.7 Å². The van der Waals surface area contributed by atoms with Crippen LogP contribution >= 0.6 is 11.6 Å². The third-order valence-electron chi connectivity index (χ3n) is 3.34. The molecule has 0 saturated carbocycles. The summed E-state index contributed by atoms with van der Waals surface area (Å²) >= 11 is 6.05. The van der Waals surface area contributed by atoms with Crippen LogP contribution in [0.1, 0.15) is 12.0 Å². The van der Waals surface area contributed by atoms with Crippen molar-refractivity contribution in [1.82, 2.24) is 5.32 Å². The van der Waals surface area contributed by atoms with E-state index in [2.05, 4.69) is 5.32 Å². The molecule has 1 aliphatic rings. The highest BCUT2D eigenvalue weighted by atomic mass is 35.5. The summed E-state index contributed by atoms with van der Waals surface area (Å²) in [5.74, 6) is -0.973. The highest BCUT2D eigenvalue weighted by Gasteiger charge is 2.27. The van der Waals surface area contributed by atoms with Gasteiger partial charge in [-0.1, -0.05) is 29.8 Å². The van der Waals surface area contributed by atoms with Crippen molar-refractivity contribution >= 4 is 23.4 Å². The van der Waals surface area contributed by atoms with Crippen molar-refractivity contribution < 1.29 is 14.3 Å². The summed E-state index contributed by atoms with van der Waals surface area (Å²) in [4.78, 5) is 23.5. The van der Waals surface area contributed by atoms with Gasteiger partial charge in [0.15, 0.2) is 0 Å². The molecule has 0 radical (unpaired) electrons. The van der Waals surface area contributed by atoms with Crippen LogP contribution < -0.4 is 11.1 Å². The van der Waals surface area contributed by atoms with Crippen LogP contribution in [0.25, 0.3) is 0 Å². The predicted molar refractivity (Wildman–Crippen MR) is 75.2 cm³/mol. The van der Waals surface area contributed by atoms with E-state index in [4.69, 9.17) is 22.1 Å². The number of amides is 2. The molecule has 1 aliphatic heterocycles. The Balaban J connectivity index is 2.02. The first-order valence-corrected chi connectivity index (χ1v) is 6.86. The van der Waals surface area contributed by atoms with E-state index in [-0.39, 0.29) is 18.2 Å². The van der Waals surface area contributed by atoms with Gasteiger partial charge in [0.25, 0.3) is 0 Å². The third kappa shape index (κ3) is 3.71. The van der Waals surface area contributed by atoms with Gasteiger partial charge < -0.3 is 15.8 Å². The molecule has 0 unspecified atom stereocenters. The lowest BCUT2D eigenvalue weighted by atomic mass is 10.0. The summed E-state index contributed by atoms with van der Waals surface area (Å²) in [6, 6.07) is 6.42. The number of rotatable bonds is 5. The first-order chi connectivity index (χ1) is 9.58. The second kappa shape index (κ2) is 6.72. The normalized spacial score (nSPS) is 19.6. The van der Waals surface area contributed by atoms with Crippen molar-refractivity contribution in [3.05, 3.63) is 34.9 Å². The Morgan fingerprint density at radius 1 is 1.45 bits per heavy atom. The van der Waals surface area contributed by atoms with Crippen molar-refractivity contribution in [2.45, 2.75) is 18.9 Å². The molecule has 20 heavy (non-hydrogen) atoms. The predicted octanol–water partition coefficient (Wildman–Crippen LogP) is 0.889. The lowest BCUT2D eigenvalue weighted by Crippen LogP contribution is -2.48. The van der Waals surface area contributed by atoms with Crippen LogP contribution in [0, 0.1) is 5.92 Å². The molecule has 3 N–H and O–H groups in total. The summed E-state index contributed by atoms with van der Waals surface area (Å²) in [7, 11) is 0. The number of hydrogen-bond acceptors (Lipinski definition) is 3. The molecular formula is C14H17ClN2O3. The van der Waals surface area contributed by atoms with Crippen LogP contribution in [-0.2, 0) is 20.7 Å².